The molecule has 0 bridgehead atoms. The van der Waals surface area contributed by atoms with Crippen LogP contribution >= 0.6 is 0 Å². The second-order valence-electron chi connectivity index (χ2n) is 5.39. The van der Waals surface area contributed by atoms with Gasteiger partial charge in [0.15, 0.2) is 0 Å². The third kappa shape index (κ3) is 1.91. The zero-order valence-corrected chi connectivity index (χ0v) is 11.8. The van der Waals surface area contributed by atoms with Gasteiger partial charge in [-0.05, 0) is 29.3 Å². The van der Waals surface area contributed by atoms with Crippen molar-refractivity contribution in [3.63, 3.8) is 0 Å². The summed E-state index contributed by atoms with van der Waals surface area (Å²) < 4.78 is 7.32. The lowest BCUT2D eigenvalue weighted by atomic mass is 10.0. The van der Waals surface area contributed by atoms with E-state index >= 15 is 0 Å². The lowest BCUT2D eigenvalue weighted by Crippen LogP contribution is -2.02. The molecule has 1 unspecified atom stereocenters. The van der Waals surface area contributed by atoms with Crippen LogP contribution in [0, 0.1) is 0 Å². The molecule has 3 aromatic rings. The van der Waals surface area contributed by atoms with E-state index in [0.29, 0.717) is 5.69 Å². The molecule has 0 aliphatic carbocycles. The van der Waals surface area contributed by atoms with Crippen LogP contribution in [0.4, 0.5) is 0 Å². The average molecular weight is 280 g/mol. The van der Waals surface area contributed by atoms with Crippen LogP contribution in [0.15, 0.2) is 42.5 Å². The highest BCUT2D eigenvalue weighted by molar-refractivity contribution is 5.82. The molecule has 1 aromatic heterocycles. The van der Waals surface area contributed by atoms with Gasteiger partial charge in [0.2, 0.25) is 0 Å². The number of fused-ring (bicyclic) bond motifs is 2. The van der Waals surface area contributed by atoms with Crippen molar-refractivity contribution in [3.8, 4) is 5.75 Å². The van der Waals surface area contributed by atoms with E-state index < -0.39 is 6.10 Å². The Balaban J connectivity index is 1.81. The molecular formula is C17H16N2O2. The van der Waals surface area contributed by atoms with E-state index in [9.17, 15) is 5.11 Å². The molecule has 4 rings (SSSR count). The Labute approximate surface area is 122 Å². The van der Waals surface area contributed by atoms with Gasteiger partial charge in [0, 0.05) is 18.9 Å². The molecule has 4 heteroatoms. The van der Waals surface area contributed by atoms with Crippen molar-refractivity contribution < 1.29 is 9.84 Å². The van der Waals surface area contributed by atoms with Crippen LogP contribution in [-0.2, 0) is 13.5 Å². The SMILES string of the molecule is Cn1nc(C(O)c2ccc3c(c2)CCO3)c2ccccc21. The van der Waals surface area contributed by atoms with Gasteiger partial charge in [0.05, 0.1) is 12.1 Å². The van der Waals surface area contributed by atoms with E-state index in [-0.39, 0.29) is 0 Å². The Kier molecular flexibility index (Phi) is 2.72. The summed E-state index contributed by atoms with van der Waals surface area (Å²) in [6.07, 6.45) is 0.181. The van der Waals surface area contributed by atoms with Crippen LogP contribution in [0.3, 0.4) is 0 Å². The number of para-hydroxylation sites is 1. The first-order valence-electron chi connectivity index (χ1n) is 7.09. The quantitative estimate of drug-likeness (QED) is 0.785. The first-order chi connectivity index (χ1) is 10.2. The molecule has 2 heterocycles. The monoisotopic (exact) mass is 280 g/mol. The van der Waals surface area contributed by atoms with Gasteiger partial charge in [0.25, 0.3) is 0 Å². The summed E-state index contributed by atoms with van der Waals surface area (Å²) in [4.78, 5) is 0. The van der Waals surface area contributed by atoms with Gasteiger partial charge in [-0.2, -0.15) is 5.10 Å². The third-order valence-corrected chi connectivity index (χ3v) is 4.07. The number of benzene rings is 2. The molecule has 0 saturated carbocycles. The molecule has 21 heavy (non-hydrogen) atoms. The normalized spacial score (nSPS) is 15.0. The number of hydrogen-bond donors (Lipinski definition) is 1. The molecule has 1 aliphatic heterocycles. The largest absolute Gasteiger partial charge is 0.493 e. The Hall–Kier alpha value is -2.33. The fourth-order valence-corrected chi connectivity index (χ4v) is 2.98. The lowest BCUT2D eigenvalue weighted by Gasteiger charge is -2.10. The van der Waals surface area contributed by atoms with Gasteiger partial charge in [0.1, 0.15) is 17.5 Å². The molecular weight excluding hydrogens is 264 g/mol. The van der Waals surface area contributed by atoms with E-state index in [2.05, 4.69) is 5.10 Å². The van der Waals surface area contributed by atoms with Crippen molar-refractivity contribution in [3.05, 3.63) is 59.3 Å². The van der Waals surface area contributed by atoms with Crippen molar-refractivity contribution >= 4 is 10.9 Å². The topological polar surface area (TPSA) is 47.3 Å². The number of hydrogen-bond acceptors (Lipinski definition) is 3. The smallest absolute Gasteiger partial charge is 0.123 e. The summed E-state index contributed by atoms with van der Waals surface area (Å²) in [5.41, 5.74) is 3.75. The highest BCUT2D eigenvalue weighted by Gasteiger charge is 2.20. The van der Waals surface area contributed by atoms with Crippen molar-refractivity contribution in [1.82, 2.24) is 9.78 Å². The predicted molar refractivity (Wildman–Crippen MR) is 80.4 cm³/mol. The van der Waals surface area contributed by atoms with Crippen LogP contribution in [0.2, 0.25) is 0 Å². The summed E-state index contributed by atoms with van der Waals surface area (Å²) in [6.45, 7) is 0.724. The Bertz CT molecular complexity index is 823. The van der Waals surface area contributed by atoms with Gasteiger partial charge >= 0.3 is 0 Å². The van der Waals surface area contributed by atoms with Crippen LogP contribution in [-0.4, -0.2) is 21.5 Å². The molecule has 4 nitrogen and oxygen atoms in total. The molecule has 0 amide bonds. The summed E-state index contributed by atoms with van der Waals surface area (Å²) in [7, 11) is 1.90. The van der Waals surface area contributed by atoms with Crippen molar-refractivity contribution in [1.29, 1.82) is 0 Å². The lowest BCUT2D eigenvalue weighted by molar-refractivity contribution is 0.215. The highest BCUT2D eigenvalue weighted by Crippen LogP contribution is 2.32. The van der Waals surface area contributed by atoms with Crippen molar-refractivity contribution in [2.45, 2.75) is 12.5 Å². The second-order valence-corrected chi connectivity index (χ2v) is 5.39. The van der Waals surface area contributed by atoms with Crippen molar-refractivity contribution in [2.75, 3.05) is 6.61 Å². The zero-order valence-electron chi connectivity index (χ0n) is 11.8. The molecule has 1 N–H and O–H groups in total. The fraction of sp³-hybridized carbons (Fsp3) is 0.235. The minimum atomic E-state index is -0.720. The van der Waals surface area contributed by atoms with Crippen LogP contribution < -0.4 is 4.74 Å². The number of rotatable bonds is 2. The minimum Gasteiger partial charge on any atom is -0.493 e. The molecule has 0 spiro atoms. The Morgan fingerprint density at radius 2 is 2.10 bits per heavy atom. The van der Waals surface area contributed by atoms with Gasteiger partial charge < -0.3 is 9.84 Å². The van der Waals surface area contributed by atoms with Crippen LogP contribution in [0.25, 0.3) is 10.9 Å². The summed E-state index contributed by atoms with van der Waals surface area (Å²) in [5, 5.41) is 16.2. The zero-order chi connectivity index (χ0) is 14.4. The number of aryl methyl sites for hydroxylation is 1. The Morgan fingerprint density at radius 1 is 1.24 bits per heavy atom. The molecule has 106 valence electrons. The van der Waals surface area contributed by atoms with Gasteiger partial charge in [-0.15, -0.1) is 0 Å². The van der Waals surface area contributed by atoms with E-state index in [0.717, 1.165) is 40.8 Å². The minimum absolute atomic E-state index is 0.701. The molecule has 1 atom stereocenters. The summed E-state index contributed by atoms with van der Waals surface area (Å²) >= 11 is 0. The van der Waals surface area contributed by atoms with Crippen LogP contribution in [0.1, 0.15) is 22.9 Å². The number of ether oxygens (including phenoxy) is 1. The maximum Gasteiger partial charge on any atom is 0.123 e. The van der Waals surface area contributed by atoms with Gasteiger partial charge in [-0.1, -0.05) is 24.3 Å². The van der Waals surface area contributed by atoms with Gasteiger partial charge in [-0.3, -0.25) is 4.68 Å². The van der Waals surface area contributed by atoms with Crippen LogP contribution in [0.5, 0.6) is 5.75 Å². The molecule has 1 aliphatic rings. The number of aliphatic hydroxyl groups is 1. The average Bonchev–Trinajstić information content (AvgIpc) is 3.11. The van der Waals surface area contributed by atoms with Gasteiger partial charge in [-0.25, -0.2) is 0 Å². The maximum absolute atomic E-state index is 10.7. The second kappa shape index (κ2) is 4.60. The molecule has 0 fully saturated rings. The molecule has 0 radical (unpaired) electrons. The maximum atomic E-state index is 10.7. The molecule has 2 aromatic carbocycles. The number of aliphatic hydroxyl groups excluding tert-OH is 1. The summed E-state index contributed by atoms with van der Waals surface area (Å²) in [6, 6.07) is 13.8. The standard InChI is InChI=1S/C17H16N2O2/c1-19-14-5-3-2-4-13(14)16(18-19)17(20)12-6-7-15-11(10-12)8-9-21-15/h2-7,10,17,20H,8-9H2,1H3. The molecule has 0 saturated heterocycles. The van der Waals surface area contributed by atoms with E-state index in [1.54, 1.807) is 0 Å². The van der Waals surface area contributed by atoms with E-state index in [1.807, 2.05) is 54.2 Å². The first kappa shape index (κ1) is 12.4. The highest BCUT2D eigenvalue weighted by atomic mass is 16.5. The van der Waals surface area contributed by atoms with Crippen molar-refractivity contribution in [2.24, 2.45) is 7.05 Å². The van der Waals surface area contributed by atoms with E-state index in [4.69, 9.17) is 4.74 Å². The predicted octanol–water partition coefficient (Wildman–Crippen LogP) is 2.59. The number of aromatic nitrogens is 2. The van der Waals surface area contributed by atoms with E-state index in [1.165, 1.54) is 0 Å². The number of nitrogens with zero attached hydrogens (tertiary/aromatic N) is 2. The summed E-state index contributed by atoms with van der Waals surface area (Å²) in [5.74, 6) is 0.928. The fourth-order valence-electron chi connectivity index (χ4n) is 2.98. The third-order valence-electron chi connectivity index (χ3n) is 4.07. The Morgan fingerprint density at radius 3 is 3.00 bits per heavy atom. The first-order valence-corrected chi connectivity index (χ1v) is 7.09.